The third kappa shape index (κ3) is 6.14. The van der Waals surface area contributed by atoms with Gasteiger partial charge < -0.3 is 24.8 Å². The molecule has 3 aromatic rings. The van der Waals surface area contributed by atoms with Gasteiger partial charge in [0.05, 0.1) is 24.2 Å². The Kier molecular flexibility index (Phi) is 8.09. The van der Waals surface area contributed by atoms with Crippen molar-refractivity contribution in [2.45, 2.75) is 24.9 Å². The van der Waals surface area contributed by atoms with Crippen LogP contribution in [0, 0.1) is 3.57 Å². The highest BCUT2D eigenvalue weighted by Gasteiger charge is 2.29. The molecule has 2 N–H and O–H groups in total. The molecule has 2 atom stereocenters. The van der Waals surface area contributed by atoms with Gasteiger partial charge in [0, 0.05) is 6.42 Å². The number of ether oxygens (including phenoxy) is 3. The van der Waals surface area contributed by atoms with Crippen LogP contribution in [0.25, 0.3) is 0 Å². The number of amides is 2. The standard InChI is InChI=1S/C27H25IN2O6/c1-34-23-11-8-18(15-21(23)28)25-26(32)29-22(27(33)35-2)13-16-6-9-19(10-7-16)36-20-5-3-4-17(12-20)14-24(31)30-25/h3-12,15,22,25H,13-14H2,1-2H3,(H,29,32)(H,30,31)/t22-,25+/m0/s1. The van der Waals surface area contributed by atoms with Crippen molar-refractivity contribution in [1.82, 2.24) is 10.6 Å². The number of hydrogen-bond acceptors (Lipinski definition) is 6. The van der Waals surface area contributed by atoms with E-state index in [0.29, 0.717) is 22.8 Å². The van der Waals surface area contributed by atoms with E-state index in [0.717, 1.165) is 14.7 Å². The Bertz CT molecular complexity index is 1280. The average molecular weight is 600 g/mol. The van der Waals surface area contributed by atoms with E-state index < -0.39 is 24.0 Å². The Hall–Kier alpha value is -3.60. The van der Waals surface area contributed by atoms with E-state index in [1.807, 2.05) is 24.3 Å². The molecule has 4 bridgehead atoms. The minimum atomic E-state index is -1.04. The van der Waals surface area contributed by atoms with Gasteiger partial charge in [-0.15, -0.1) is 0 Å². The summed E-state index contributed by atoms with van der Waals surface area (Å²) < 4.78 is 17.0. The first-order chi connectivity index (χ1) is 17.4. The summed E-state index contributed by atoms with van der Waals surface area (Å²) in [7, 11) is 2.83. The number of nitrogens with one attached hydrogen (secondary N) is 2. The topological polar surface area (TPSA) is 103 Å². The van der Waals surface area contributed by atoms with E-state index in [-0.39, 0.29) is 18.7 Å². The fourth-order valence-electron chi connectivity index (χ4n) is 3.93. The highest BCUT2D eigenvalue weighted by molar-refractivity contribution is 14.1. The van der Waals surface area contributed by atoms with Crippen molar-refractivity contribution >= 4 is 40.4 Å². The Morgan fingerprint density at radius 3 is 2.42 bits per heavy atom. The van der Waals surface area contributed by atoms with Crippen LogP contribution < -0.4 is 20.1 Å². The molecule has 186 valence electrons. The minimum Gasteiger partial charge on any atom is -0.496 e. The number of esters is 1. The molecule has 3 aromatic carbocycles. The molecule has 2 amide bonds. The number of carbonyl (C=O) groups is 3. The second-order valence-electron chi connectivity index (χ2n) is 8.25. The zero-order valence-corrected chi connectivity index (χ0v) is 21.9. The summed E-state index contributed by atoms with van der Waals surface area (Å²) in [6.07, 6.45) is 0.239. The number of rotatable bonds is 3. The first-order valence-electron chi connectivity index (χ1n) is 11.2. The molecule has 2 heterocycles. The average Bonchev–Trinajstić information content (AvgIpc) is 2.87. The van der Waals surface area contributed by atoms with Gasteiger partial charge in [0.2, 0.25) is 11.8 Å². The van der Waals surface area contributed by atoms with Crippen LogP contribution in [0.3, 0.4) is 0 Å². The van der Waals surface area contributed by atoms with Gasteiger partial charge in [-0.1, -0.05) is 30.3 Å². The molecule has 0 saturated carbocycles. The lowest BCUT2D eigenvalue weighted by Gasteiger charge is -2.23. The van der Waals surface area contributed by atoms with Gasteiger partial charge in [0.15, 0.2) is 0 Å². The number of methoxy groups -OCH3 is 2. The zero-order valence-electron chi connectivity index (χ0n) is 19.7. The molecule has 2 aliphatic heterocycles. The maximum Gasteiger partial charge on any atom is 0.328 e. The van der Waals surface area contributed by atoms with E-state index in [2.05, 4.69) is 33.2 Å². The van der Waals surface area contributed by atoms with E-state index >= 15 is 0 Å². The molecule has 0 saturated heterocycles. The summed E-state index contributed by atoms with van der Waals surface area (Å²) in [6, 6.07) is 17.7. The first-order valence-corrected chi connectivity index (χ1v) is 12.3. The number of fused-ring (bicyclic) bond motifs is 9. The van der Waals surface area contributed by atoms with Crippen molar-refractivity contribution in [3.8, 4) is 17.2 Å². The van der Waals surface area contributed by atoms with Crippen LogP contribution in [0.1, 0.15) is 22.7 Å². The molecule has 0 unspecified atom stereocenters. The normalized spacial score (nSPS) is 18.0. The van der Waals surface area contributed by atoms with Crippen molar-refractivity contribution in [3.05, 3.63) is 87.0 Å². The second kappa shape index (κ2) is 11.4. The van der Waals surface area contributed by atoms with Gasteiger partial charge >= 0.3 is 5.97 Å². The Morgan fingerprint density at radius 2 is 1.72 bits per heavy atom. The number of hydrogen-bond donors (Lipinski definition) is 2. The largest absolute Gasteiger partial charge is 0.496 e. The fourth-order valence-corrected chi connectivity index (χ4v) is 4.69. The monoisotopic (exact) mass is 600 g/mol. The fraction of sp³-hybridized carbons (Fsp3) is 0.222. The van der Waals surface area contributed by atoms with Crippen LogP contribution in [-0.2, 0) is 32.0 Å². The van der Waals surface area contributed by atoms with Crippen molar-refractivity contribution in [2.75, 3.05) is 14.2 Å². The zero-order chi connectivity index (χ0) is 25.7. The van der Waals surface area contributed by atoms with Gasteiger partial charge in [-0.25, -0.2) is 4.79 Å². The second-order valence-corrected chi connectivity index (χ2v) is 9.42. The maximum absolute atomic E-state index is 13.5. The van der Waals surface area contributed by atoms with Crippen LogP contribution in [-0.4, -0.2) is 38.0 Å². The molecule has 5 rings (SSSR count). The van der Waals surface area contributed by atoms with E-state index in [1.54, 1.807) is 49.6 Å². The molecule has 0 aliphatic carbocycles. The maximum atomic E-state index is 13.5. The first kappa shape index (κ1) is 25.5. The summed E-state index contributed by atoms with van der Waals surface area (Å²) in [6.45, 7) is 0. The predicted octanol–water partition coefficient (Wildman–Crippen LogP) is 3.71. The molecule has 0 aromatic heterocycles. The summed E-state index contributed by atoms with van der Waals surface area (Å²) in [5.74, 6) is 0.372. The van der Waals surface area contributed by atoms with Crippen molar-refractivity contribution in [2.24, 2.45) is 0 Å². The van der Waals surface area contributed by atoms with Gasteiger partial charge in [0.1, 0.15) is 29.3 Å². The molecule has 36 heavy (non-hydrogen) atoms. The van der Waals surface area contributed by atoms with Gasteiger partial charge in [-0.05, 0) is 75.7 Å². The molecule has 0 spiro atoms. The van der Waals surface area contributed by atoms with Crippen LogP contribution in [0.15, 0.2) is 66.7 Å². The molecule has 0 radical (unpaired) electrons. The van der Waals surface area contributed by atoms with Crippen molar-refractivity contribution in [1.29, 1.82) is 0 Å². The number of halogens is 1. The molecule has 8 nitrogen and oxygen atoms in total. The predicted molar refractivity (Wildman–Crippen MR) is 141 cm³/mol. The lowest BCUT2D eigenvalue weighted by atomic mass is 10.0. The summed E-state index contributed by atoms with van der Waals surface area (Å²) in [4.78, 5) is 39.1. The third-order valence-electron chi connectivity index (χ3n) is 5.74. The SMILES string of the molecule is COC(=O)[C@@H]1Cc2ccc(cc2)Oc2cccc(c2)CC(=O)N[C@H](c2ccc(OC)c(I)c2)C(=O)N1. The Labute approximate surface area is 222 Å². The minimum absolute atomic E-state index is 0.0353. The van der Waals surface area contributed by atoms with Crippen molar-refractivity contribution in [3.63, 3.8) is 0 Å². The van der Waals surface area contributed by atoms with Crippen LogP contribution in [0.2, 0.25) is 0 Å². The smallest absolute Gasteiger partial charge is 0.328 e. The van der Waals surface area contributed by atoms with Crippen molar-refractivity contribution < 1.29 is 28.6 Å². The third-order valence-corrected chi connectivity index (χ3v) is 6.58. The van der Waals surface area contributed by atoms with E-state index in [9.17, 15) is 14.4 Å². The molecular weight excluding hydrogens is 575 g/mol. The van der Waals surface area contributed by atoms with Crippen LogP contribution in [0.5, 0.6) is 17.2 Å². The van der Waals surface area contributed by atoms with Gasteiger partial charge in [-0.3, -0.25) is 9.59 Å². The lowest BCUT2D eigenvalue weighted by molar-refractivity contribution is -0.145. The summed E-state index contributed by atoms with van der Waals surface area (Å²) >= 11 is 2.10. The lowest BCUT2D eigenvalue weighted by Crippen LogP contribution is -2.48. The molecule has 0 fully saturated rings. The van der Waals surface area contributed by atoms with Gasteiger partial charge in [0.25, 0.3) is 0 Å². The van der Waals surface area contributed by atoms with Gasteiger partial charge in [-0.2, -0.15) is 0 Å². The van der Waals surface area contributed by atoms with Crippen LogP contribution in [0.4, 0.5) is 0 Å². The Balaban J connectivity index is 1.74. The molecule has 9 heteroatoms. The molecule has 2 aliphatic rings. The van der Waals surface area contributed by atoms with E-state index in [1.165, 1.54) is 7.11 Å². The highest BCUT2D eigenvalue weighted by Crippen LogP contribution is 2.27. The number of benzene rings is 3. The quantitative estimate of drug-likeness (QED) is 0.351. The summed E-state index contributed by atoms with van der Waals surface area (Å²) in [5, 5.41) is 5.59. The van der Waals surface area contributed by atoms with E-state index in [4.69, 9.17) is 14.2 Å². The van der Waals surface area contributed by atoms with Crippen LogP contribution >= 0.6 is 22.6 Å². The highest BCUT2D eigenvalue weighted by atomic mass is 127. The molecular formula is C27H25IN2O6. The summed E-state index contributed by atoms with van der Waals surface area (Å²) in [5.41, 5.74) is 2.08. The Morgan fingerprint density at radius 1 is 0.944 bits per heavy atom. The number of carbonyl (C=O) groups excluding carboxylic acids is 3.